The van der Waals surface area contributed by atoms with Crippen LogP contribution in [0.2, 0.25) is 0 Å². The third kappa shape index (κ3) is 4.12. The Labute approximate surface area is 148 Å². The van der Waals surface area contributed by atoms with Crippen LogP contribution in [-0.2, 0) is 16.1 Å². The van der Waals surface area contributed by atoms with Gasteiger partial charge in [0.25, 0.3) is 0 Å². The van der Waals surface area contributed by atoms with Gasteiger partial charge >= 0.3 is 5.97 Å². The van der Waals surface area contributed by atoms with Crippen molar-refractivity contribution < 1.29 is 19.4 Å². The smallest absolute Gasteiger partial charge is 0.341 e. The van der Waals surface area contributed by atoms with Crippen LogP contribution in [0.1, 0.15) is 37.7 Å². The van der Waals surface area contributed by atoms with Gasteiger partial charge in [0, 0.05) is 37.7 Å². The van der Waals surface area contributed by atoms with Crippen molar-refractivity contribution in [3.05, 3.63) is 29.8 Å². The zero-order valence-corrected chi connectivity index (χ0v) is 14.7. The number of hydrogen-bond donors (Lipinski definition) is 1. The molecule has 2 aliphatic heterocycles. The highest BCUT2D eigenvalue weighted by Crippen LogP contribution is 2.31. The zero-order chi connectivity index (χ0) is 17.8. The number of aliphatic carboxylic acids is 1. The molecule has 0 unspecified atom stereocenters. The number of benzene rings is 1. The second-order valence-corrected chi connectivity index (χ2v) is 6.93. The predicted molar refractivity (Wildman–Crippen MR) is 93.4 cm³/mol. The van der Waals surface area contributed by atoms with E-state index in [0.29, 0.717) is 18.2 Å². The molecule has 2 heterocycles. The number of ether oxygens (including phenoxy) is 1. The van der Waals surface area contributed by atoms with Crippen LogP contribution in [0, 0.1) is 0 Å². The highest BCUT2D eigenvalue weighted by Gasteiger charge is 2.37. The number of piperidine rings is 1. The number of likely N-dealkylation sites (tertiary alicyclic amines) is 2. The number of carboxylic acid groups (broad SMARTS) is 1. The Morgan fingerprint density at radius 2 is 2.00 bits per heavy atom. The van der Waals surface area contributed by atoms with Crippen LogP contribution in [0.3, 0.4) is 0 Å². The molecule has 1 aromatic rings. The van der Waals surface area contributed by atoms with Gasteiger partial charge in [-0.25, -0.2) is 4.79 Å². The second kappa shape index (κ2) is 7.87. The Morgan fingerprint density at radius 3 is 2.80 bits per heavy atom. The van der Waals surface area contributed by atoms with E-state index in [0.717, 1.165) is 44.3 Å². The molecule has 0 saturated carbocycles. The summed E-state index contributed by atoms with van der Waals surface area (Å²) in [4.78, 5) is 27.3. The molecule has 0 radical (unpaired) electrons. The van der Waals surface area contributed by atoms with E-state index in [1.165, 1.54) is 0 Å². The molecule has 0 spiro atoms. The lowest BCUT2D eigenvalue weighted by atomic mass is 9.92. The Bertz CT molecular complexity index is 634. The lowest BCUT2D eigenvalue weighted by Gasteiger charge is -2.44. The molecule has 1 aromatic carbocycles. The maximum atomic E-state index is 12.2. The Hall–Kier alpha value is -2.08. The van der Waals surface area contributed by atoms with Gasteiger partial charge in [0.05, 0.1) is 0 Å². The molecule has 2 atom stereocenters. The molecule has 2 aliphatic rings. The zero-order valence-electron chi connectivity index (χ0n) is 14.7. The highest BCUT2D eigenvalue weighted by molar-refractivity contribution is 5.76. The molecule has 25 heavy (non-hydrogen) atoms. The van der Waals surface area contributed by atoms with Gasteiger partial charge in [0.1, 0.15) is 5.75 Å². The van der Waals surface area contributed by atoms with E-state index in [2.05, 4.69) is 4.90 Å². The molecule has 0 aromatic heterocycles. The number of nitrogens with zero attached hydrogens (tertiary/aromatic N) is 2. The summed E-state index contributed by atoms with van der Waals surface area (Å²) < 4.78 is 5.45. The Balaban J connectivity index is 1.76. The van der Waals surface area contributed by atoms with Crippen molar-refractivity contribution >= 4 is 11.9 Å². The summed E-state index contributed by atoms with van der Waals surface area (Å²) in [6, 6.07) is 8.26. The van der Waals surface area contributed by atoms with Gasteiger partial charge in [-0.1, -0.05) is 18.2 Å². The summed E-state index contributed by atoms with van der Waals surface area (Å²) in [7, 11) is 1.93. The van der Waals surface area contributed by atoms with Crippen LogP contribution < -0.4 is 4.74 Å². The van der Waals surface area contributed by atoms with Crippen molar-refractivity contribution in [1.82, 2.24) is 9.80 Å². The van der Waals surface area contributed by atoms with Crippen molar-refractivity contribution in [1.29, 1.82) is 0 Å². The monoisotopic (exact) mass is 346 g/mol. The molecule has 6 heteroatoms. The first-order valence-corrected chi connectivity index (χ1v) is 8.98. The molecule has 2 saturated heterocycles. The van der Waals surface area contributed by atoms with Gasteiger partial charge in [-0.2, -0.15) is 0 Å². The van der Waals surface area contributed by atoms with Gasteiger partial charge in [-0.15, -0.1) is 0 Å². The fourth-order valence-electron chi connectivity index (χ4n) is 4.09. The van der Waals surface area contributed by atoms with Crippen LogP contribution >= 0.6 is 0 Å². The topological polar surface area (TPSA) is 70.1 Å². The molecule has 1 amide bonds. The summed E-state index contributed by atoms with van der Waals surface area (Å²) in [6.45, 7) is 1.38. The maximum Gasteiger partial charge on any atom is 0.341 e. The number of fused-ring (bicyclic) bond motifs is 1. The maximum absolute atomic E-state index is 12.2. The van der Waals surface area contributed by atoms with Gasteiger partial charge < -0.3 is 14.7 Å². The fourth-order valence-corrected chi connectivity index (χ4v) is 4.09. The highest BCUT2D eigenvalue weighted by atomic mass is 16.5. The summed E-state index contributed by atoms with van der Waals surface area (Å²) in [5, 5.41) is 8.85. The van der Waals surface area contributed by atoms with E-state index in [1.807, 2.05) is 36.2 Å². The minimum atomic E-state index is -0.975. The predicted octanol–water partition coefficient (Wildman–Crippen LogP) is 2.13. The molecule has 2 fully saturated rings. The van der Waals surface area contributed by atoms with Gasteiger partial charge in [-0.05, 0) is 38.3 Å². The van der Waals surface area contributed by atoms with Crippen molar-refractivity contribution in [2.75, 3.05) is 20.2 Å². The van der Waals surface area contributed by atoms with Crippen molar-refractivity contribution in [3.8, 4) is 5.75 Å². The number of amides is 1. The number of likely N-dealkylation sites (N-methyl/N-ethyl adjacent to an activating group) is 1. The first-order valence-electron chi connectivity index (χ1n) is 8.98. The summed E-state index contributed by atoms with van der Waals surface area (Å²) in [6.07, 6.45) is 4.71. The third-order valence-corrected chi connectivity index (χ3v) is 5.34. The third-order valence-electron chi connectivity index (χ3n) is 5.34. The number of carbonyl (C=O) groups excluding carboxylic acids is 1. The van der Waals surface area contributed by atoms with Gasteiger partial charge in [0.15, 0.2) is 6.61 Å². The molecule has 0 aliphatic carbocycles. The SMILES string of the molecule is CN1C(=O)CCC[C@@H]2[C@H]1CCCN2Cc1ccccc1OCC(=O)O. The van der Waals surface area contributed by atoms with Crippen molar-refractivity contribution in [3.63, 3.8) is 0 Å². The molecular formula is C19H26N2O4. The summed E-state index contributed by atoms with van der Waals surface area (Å²) in [5.41, 5.74) is 1.00. The average Bonchev–Trinajstić information content (AvgIpc) is 2.74. The Morgan fingerprint density at radius 1 is 1.24 bits per heavy atom. The fraction of sp³-hybridized carbons (Fsp3) is 0.579. The lowest BCUT2D eigenvalue weighted by Crippen LogP contribution is -2.54. The summed E-state index contributed by atoms with van der Waals surface area (Å²) >= 11 is 0. The van der Waals surface area contributed by atoms with Gasteiger partial charge in [-0.3, -0.25) is 9.69 Å². The van der Waals surface area contributed by atoms with E-state index in [1.54, 1.807) is 0 Å². The Kier molecular flexibility index (Phi) is 5.58. The van der Waals surface area contributed by atoms with E-state index in [-0.39, 0.29) is 18.6 Å². The first kappa shape index (κ1) is 17.7. The molecule has 136 valence electrons. The van der Waals surface area contributed by atoms with Crippen LogP contribution in [-0.4, -0.2) is 59.1 Å². The van der Waals surface area contributed by atoms with E-state index in [4.69, 9.17) is 9.84 Å². The van der Waals surface area contributed by atoms with Crippen LogP contribution in [0.15, 0.2) is 24.3 Å². The van der Waals surface area contributed by atoms with Gasteiger partial charge in [0.2, 0.25) is 5.91 Å². The summed E-state index contributed by atoms with van der Waals surface area (Å²) in [5.74, 6) is -0.0960. The largest absolute Gasteiger partial charge is 0.482 e. The molecule has 3 rings (SSSR count). The standard InChI is InChI=1S/C19H26N2O4/c1-20-15-8-5-11-21(16(15)7-4-10-18(20)22)12-14-6-2-3-9-17(14)25-13-19(23)24/h2-3,6,9,15-16H,4-5,7-8,10-13H2,1H3,(H,23,24)/t15-,16-/m1/s1. The first-order chi connectivity index (χ1) is 12.1. The van der Waals surface area contributed by atoms with Crippen molar-refractivity contribution in [2.45, 2.75) is 50.7 Å². The van der Waals surface area contributed by atoms with E-state index in [9.17, 15) is 9.59 Å². The van der Waals surface area contributed by atoms with Crippen LogP contribution in [0.5, 0.6) is 5.75 Å². The molecule has 0 bridgehead atoms. The number of carbonyl (C=O) groups is 2. The van der Waals surface area contributed by atoms with E-state index < -0.39 is 5.97 Å². The number of carboxylic acids is 1. The molecular weight excluding hydrogens is 320 g/mol. The second-order valence-electron chi connectivity index (χ2n) is 6.93. The average molecular weight is 346 g/mol. The number of hydrogen-bond acceptors (Lipinski definition) is 4. The van der Waals surface area contributed by atoms with E-state index >= 15 is 0 Å². The molecule has 6 nitrogen and oxygen atoms in total. The number of para-hydroxylation sites is 1. The molecule has 1 N–H and O–H groups in total. The van der Waals surface area contributed by atoms with Crippen LogP contribution in [0.25, 0.3) is 0 Å². The minimum absolute atomic E-state index is 0.250. The quantitative estimate of drug-likeness (QED) is 0.884. The van der Waals surface area contributed by atoms with Crippen LogP contribution in [0.4, 0.5) is 0 Å². The van der Waals surface area contributed by atoms with Crippen molar-refractivity contribution in [2.24, 2.45) is 0 Å². The number of rotatable bonds is 5. The minimum Gasteiger partial charge on any atom is -0.482 e. The normalized spacial score (nSPS) is 24.5. The lowest BCUT2D eigenvalue weighted by molar-refractivity contribution is -0.139.